The summed E-state index contributed by atoms with van der Waals surface area (Å²) in [7, 11) is 0. The van der Waals surface area contributed by atoms with Crippen LogP contribution in [0.3, 0.4) is 0 Å². The molecular formula is C13H13BrN2O. The van der Waals surface area contributed by atoms with E-state index in [0.29, 0.717) is 5.33 Å². The first-order valence-electron chi connectivity index (χ1n) is 5.47. The second kappa shape index (κ2) is 5.27. The second-order valence-electron chi connectivity index (χ2n) is 3.73. The van der Waals surface area contributed by atoms with Crippen molar-refractivity contribution in [2.45, 2.75) is 13.3 Å². The SMILES string of the molecule is CCc1cn(-c2ccc(C(=O)CBr)cc2)cn1. The molecule has 88 valence electrons. The van der Waals surface area contributed by atoms with Crippen LogP contribution >= 0.6 is 15.9 Å². The number of alkyl halides is 1. The van der Waals surface area contributed by atoms with Gasteiger partial charge in [-0.2, -0.15) is 0 Å². The summed E-state index contributed by atoms with van der Waals surface area (Å²) in [4.78, 5) is 15.7. The van der Waals surface area contributed by atoms with Gasteiger partial charge in [0.15, 0.2) is 5.78 Å². The zero-order valence-electron chi connectivity index (χ0n) is 9.56. The number of carbonyl (C=O) groups excluding carboxylic acids is 1. The van der Waals surface area contributed by atoms with Gasteiger partial charge in [0.25, 0.3) is 0 Å². The molecule has 0 aliphatic heterocycles. The Bertz CT molecular complexity index is 516. The highest BCUT2D eigenvalue weighted by atomic mass is 79.9. The number of halogens is 1. The van der Waals surface area contributed by atoms with Crippen LogP contribution in [0.2, 0.25) is 0 Å². The van der Waals surface area contributed by atoms with Crippen molar-refractivity contribution in [3.63, 3.8) is 0 Å². The van der Waals surface area contributed by atoms with Crippen LogP contribution in [0.4, 0.5) is 0 Å². The first kappa shape index (κ1) is 12.0. The summed E-state index contributed by atoms with van der Waals surface area (Å²) in [5.41, 5.74) is 2.80. The monoisotopic (exact) mass is 292 g/mol. The number of carbonyl (C=O) groups is 1. The van der Waals surface area contributed by atoms with Gasteiger partial charge in [-0.15, -0.1) is 0 Å². The lowest BCUT2D eigenvalue weighted by atomic mass is 10.1. The van der Waals surface area contributed by atoms with Crippen molar-refractivity contribution in [3.05, 3.63) is 48.0 Å². The molecule has 2 rings (SSSR count). The van der Waals surface area contributed by atoms with Gasteiger partial charge < -0.3 is 4.57 Å². The Morgan fingerprint density at radius 2 is 2.06 bits per heavy atom. The lowest BCUT2D eigenvalue weighted by Crippen LogP contribution is -2.00. The van der Waals surface area contributed by atoms with Gasteiger partial charge in [0.1, 0.15) is 0 Å². The lowest BCUT2D eigenvalue weighted by molar-refractivity contribution is 0.102. The highest BCUT2D eigenvalue weighted by molar-refractivity contribution is 9.09. The Kier molecular flexibility index (Phi) is 3.74. The van der Waals surface area contributed by atoms with Crippen molar-refractivity contribution in [1.29, 1.82) is 0 Å². The van der Waals surface area contributed by atoms with Crippen LogP contribution < -0.4 is 0 Å². The van der Waals surface area contributed by atoms with E-state index in [4.69, 9.17) is 0 Å². The lowest BCUT2D eigenvalue weighted by Gasteiger charge is -2.03. The molecule has 3 nitrogen and oxygen atoms in total. The molecule has 0 N–H and O–H groups in total. The van der Waals surface area contributed by atoms with Crippen molar-refractivity contribution in [1.82, 2.24) is 9.55 Å². The highest BCUT2D eigenvalue weighted by Gasteiger charge is 2.04. The third kappa shape index (κ3) is 2.64. The Morgan fingerprint density at radius 1 is 1.35 bits per heavy atom. The zero-order valence-corrected chi connectivity index (χ0v) is 11.1. The fourth-order valence-corrected chi connectivity index (χ4v) is 1.91. The Morgan fingerprint density at radius 3 is 2.59 bits per heavy atom. The normalized spacial score (nSPS) is 10.5. The molecule has 1 aromatic heterocycles. The number of imidazole rings is 1. The number of nitrogens with zero attached hydrogens (tertiary/aromatic N) is 2. The summed E-state index contributed by atoms with van der Waals surface area (Å²) in [6.45, 7) is 2.07. The Labute approximate surface area is 109 Å². The van der Waals surface area contributed by atoms with Gasteiger partial charge in [0, 0.05) is 17.4 Å². The van der Waals surface area contributed by atoms with Gasteiger partial charge >= 0.3 is 0 Å². The van der Waals surface area contributed by atoms with E-state index in [1.807, 2.05) is 35.0 Å². The van der Waals surface area contributed by atoms with Crippen LogP contribution in [0.25, 0.3) is 5.69 Å². The number of benzene rings is 1. The third-order valence-corrected chi connectivity index (χ3v) is 3.12. The summed E-state index contributed by atoms with van der Waals surface area (Å²) < 4.78 is 1.96. The molecule has 0 bridgehead atoms. The predicted molar refractivity (Wildman–Crippen MR) is 71.1 cm³/mol. The maximum absolute atomic E-state index is 11.4. The van der Waals surface area contributed by atoms with E-state index < -0.39 is 0 Å². The molecule has 0 aliphatic carbocycles. The molecule has 0 radical (unpaired) electrons. The number of hydrogen-bond acceptors (Lipinski definition) is 2. The van der Waals surface area contributed by atoms with Crippen LogP contribution in [0.1, 0.15) is 23.0 Å². The average molecular weight is 293 g/mol. The summed E-state index contributed by atoms with van der Waals surface area (Å²) >= 11 is 3.16. The Hall–Kier alpha value is -1.42. The number of hydrogen-bond donors (Lipinski definition) is 0. The minimum absolute atomic E-state index is 0.0939. The summed E-state index contributed by atoms with van der Waals surface area (Å²) in [6, 6.07) is 7.53. The molecule has 0 unspecified atom stereocenters. The molecular weight excluding hydrogens is 280 g/mol. The third-order valence-electron chi connectivity index (χ3n) is 2.61. The molecule has 0 amide bonds. The fourth-order valence-electron chi connectivity index (χ4n) is 1.58. The summed E-state index contributed by atoms with van der Waals surface area (Å²) in [5.74, 6) is 0.0939. The van der Waals surface area contributed by atoms with Crippen molar-refractivity contribution in [3.8, 4) is 5.69 Å². The number of aromatic nitrogens is 2. The van der Waals surface area contributed by atoms with Crippen LogP contribution in [-0.4, -0.2) is 20.7 Å². The van der Waals surface area contributed by atoms with E-state index in [-0.39, 0.29) is 5.78 Å². The van der Waals surface area contributed by atoms with Crippen molar-refractivity contribution in [2.24, 2.45) is 0 Å². The molecule has 0 saturated heterocycles. The average Bonchev–Trinajstić information content (AvgIpc) is 2.87. The fraction of sp³-hybridized carbons (Fsp3) is 0.231. The van der Waals surface area contributed by atoms with Gasteiger partial charge in [-0.25, -0.2) is 4.98 Å². The molecule has 0 saturated carbocycles. The minimum Gasteiger partial charge on any atom is -0.306 e. The van der Waals surface area contributed by atoms with Gasteiger partial charge in [0.2, 0.25) is 0 Å². The predicted octanol–water partition coefficient (Wildman–Crippen LogP) is 3.01. The molecule has 0 fully saturated rings. The molecule has 0 atom stereocenters. The van der Waals surface area contributed by atoms with E-state index >= 15 is 0 Å². The molecule has 1 heterocycles. The van der Waals surface area contributed by atoms with E-state index in [1.165, 1.54) is 0 Å². The maximum Gasteiger partial charge on any atom is 0.173 e. The largest absolute Gasteiger partial charge is 0.306 e. The number of ketones is 1. The smallest absolute Gasteiger partial charge is 0.173 e. The summed E-state index contributed by atoms with van der Waals surface area (Å²) in [5, 5.41) is 0.359. The first-order valence-corrected chi connectivity index (χ1v) is 6.59. The maximum atomic E-state index is 11.4. The van der Waals surface area contributed by atoms with Crippen LogP contribution in [-0.2, 0) is 6.42 Å². The van der Waals surface area contributed by atoms with Crippen molar-refractivity contribution >= 4 is 21.7 Å². The highest BCUT2D eigenvalue weighted by Crippen LogP contribution is 2.12. The quantitative estimate of drug-likeness (QED) is 0.641. The van der Waals surface area contributed by atoms with Gasteiger partial charge in [0.05, 0.1) is 17.4 Å². The van der Waals surface area contributed by atoms with Gasteiger partial charge in [-0.05, 0) is 30.7 Å². The van der Waals surface area contributed by atoms with Crippen LogP contribution in [0.15, 0.2) is 36.8 Å². The van der Waals surface area contributed by atoms with E-state index in [1.54, 1.807) is 6.33 Å². The summed E-state index contributed by atoms with van der Waals surface area (Å²) in [6.07, 6.45) is 4.72. The molecule has 1 aromatic carbocycles. The molecule has 2 aromatic rings. The molecule has 0 aliphatic rings. The van der Waals surface area contributed by atoms with Crippen molar-refractivity contribution < 1.29 is 4.79 Å². The topological polar surface area (TPSA) is 34.9 Å². The van der Waals surface area contributed by atoms with Gasteiger partial charge in [-0.1, -0.05) is 22.9 Å². The zero-order chi connectivity index (χ0) is 12.3. The molecule has 0 spiro atoms. The Balaban J connectivity index is 2.25. The minimum atomic E-state index is 0.0939. The molecule has 17 heavy (non-hydrogen) atoms. The molecule has 4 heteroatoms. The first-order chi connectivity index (χ1) is 8.24. The van der Waals surface area contributed by atoms with Gasteiger partial charge in [-0.3, -0.25) is 4.79 Å². The van der Waals surface area contributed by atoms with E-state index in [9.17, 15) is 4.79 Å². The van der Waals surface area contributed by atoms with Crippen LogP contribution in [0.5, 0.6) is 0 Å². The van der Waals surface area contributed by atoms with Crippen molar-refractivity contribution in [2.75, 3.05) is 5.33 Å². The number of rotatable bonds is 4. The number of aryl methyl sites for hydroxylation is 1. The van der Waals surface area contributed by atoms with E-state index in [0.717, 1.165) is 23.4 Å². The second-order valence-corrected chi connectivity index (χ2v) is 4.29. The van der Waals surface area contributed by atoms with E-state index in [2.05, 4.69) is 27.8 Å². The van der Waals surface area contributed by atoms with Crippen LogP contribution in [0, 0.1) is 0 Å². The standard InChI is InChI=1S/C13H13BrN2O/c1-2-11-8-16(9-15-11)12-5-3-10(4-6-12)13(17)7-14/h3-6,8-9H,2,7H2,1H3. The number of Topliss-reactive ketones (excluding diaryl/α,β-unsaturated/α-hetero) is 1.